The van der Waals surface area contributed by atoms with E-state index < -0.39 is 29.7 Å². The quantitative estimate of drug-likeness (QED) is 0.773. The lowest BCUT2D eigenvalue weighted by atomic mass is 10.1. The predicted octanol–water partition coefficient (Wildman–Crippen LogP) is 0.716. The summed E-state index contributed by atoms with van der Waals surface area (Å²) >= 11 is 0. The summed E-state index contributed by atoms with van der Waals surface area (Å²) in [4.78, 5) is 38.1. The van der Waals surface area contributed by atoms with Gasteiger partial charge in [-0.2, -0.15) is 0 Å². The Balaban J connectivity index is 2.74. The fourth-order valence-electron chi connectivity index (χ4n) is 1.95. The Morgan fingerprint density at radius 2 is 1.91 bits per heavy atom. The zero-order chi connectivity index (χ0) is 16.9. The van der Waals surface area contributed by atoms with E-state index >= 15 is 0 Å². The smallest absolute Gasteiger partial charge is 0.410 e. The summed E-state index contributed by atoms with van der Waals surface area (Å²) in [6, 6.07) is -0.946. The summed E-state index contributed by atoms with van der Waals surface area (Å²) in [5.74, 6) is -0.705. The van der Waals surface area contributed by atoms with E-state index in [0.717, 1.165) is 0 Å². The molecule has 1 fully saturated rings. The summed E-state index contributed by atoms with van der Waals surface area (Å²) in [6.45, 7) is 9.09. The normalized spacial score (nSPS) is 18.6. The first-order chi connectivity index (χ1) is 10.2. The van der Waals surface area contributed by atoms with Crippen LogP contribution in [0.15, 0.2) is 12.7 Å². The van der Waals surface area contributed by atoms with Crippen molar-refractivity contribution < 1.29 is 23.9 Å². The number of nitrogens with zero attached hydrogens (tertiary/aromatic N) is 2. The molecule has 0 aromatic carbocycles. The number of carbonyl (C=O) groups excluding carboxylic acids is 3. The number of carbonyl (C=O) groups is 3. The number of hydrogen-bond acceptors (Lipinski definition) is 5. The maximum Gasteiger partial charge on any atom is 0.410 e. The van der Waals surface area contributed by atoms with Gasteiger partial charge in [0.15, 0.2) is 0 Å². The second-order valence-corrected chi connectivity index (χ2v) is 5.90. The van der Waals surface area contributed by atoms with Crippen molar-refractivity contribution in [1.82, 2.24) is 9.80 Å². The van der Waals surface area contributed by atoms with Gasteiger partial charge in [-0.3, -0.25) is 9.69 Å². The third kappa shape index (κ3) is 4.94. The second kappa shape index (κ2) is 7.15. The Morgan fingerprint density at radius 1 is 1.27 bits per heavy atom. The minimum atomic E-state index is -0.946. The highest BCUT2D eigenvalue weighted by Crippen LogP contribution is 2.15. The molecule has 1 saturated heterocycles. The number of piperazine rings is 1. The van der Waals surface area contributed by atoms with E-state index in [4.69, 9.17) is 15.2 Å². The van der Waals surface area contributed by atoms with Crippen LogP contribution in [0.25, 0.3) is 0 Å². The second-order valence-electron chi connectivity index (χ2n) is 5.90. The molecule has 1 aliphatic rings. The maximum atomic E-state index is 12.0. The minimum Gasteiger partial charge on any atom is -0.445 e. The van der Waals surface area contributed by atoms with Crippen molar-refractivity contribution in [3.05, 3.63) is 12.7 Å². The van der Waals surface area contributed by atoms with Crippen LogP contribution >= 0.6 is 0 Å². The summed E-state index contributed by atoms with van der Waals surface area (Å²) in [5.41, 5.74) is 4.69. The number of nitrogens with two attached hydrogens (primary N) is 1. The third-order valence-corrected chi connectivity index (χ3v) is 2.92. The standard InChI is InChI=1S/C14H23N3O5/c1-5-8-21-13(20)17-7-6-16(9-10(17)11(15)18)12(19)22-14(2,3)4/h5,10H,1,6-9H2,2-4H3,(H2,15,18). The molecule has 1 atom stereocenters. The lowest BCUT2D eigenvalue weighted by Crippen LogP contribution is -2.61. The molecule has 8 nitrogen and oxygen atoms in total. The van der Waals surface area contributed by atoms with Crippen molar-refractivity contribution in [2.75, 3.05) is 26.2 Å². The summed E-state index contributed by atoms with van der Waals surface area (Å²) < 4.78 is 10.2. The zero-order valence-electron chi connectivity index (χ0n) is 13.2. The molecular formula is C14H23N3O5. The Kier molecular flexibility index (Phi) is 5.78. The van der Waals surface area contributed by atoms with Gasteiger partial charge in [0.05, 0.1) is 6.54 Å². The molecule has 0 saturated carbocycles. The Labute approximate surface area is 129 Å². The fraction of sp³-hybridized carbons (Fsp3) is 0.643. The first-order valence-corrected chi connectivity index (χ1v) is 6.97. The van der Waals surface area contributed by atoms with Crippen LogP contribution < -0.4 is 5.73 Å². The molecule has 1 unspecified atom stereocenters. The highest BCUT2D eigenvalue weighted by molar-refractivity contribution is 5.85. The summed E-state index contributed by atoms with van der Waals surface area (Å²) in [5, 5.41) is 0. The highest BCUT2D eigenvalue weighted by Gasteiger charge is 2.37. The van der Waals surface area contributed by atoms with Gasteiger partial charge in [-0.25, -0.2) is 9.59 Å². The Morgan fingerprint density at radius 3 is 2.41 bits per heavy atom. The summed E-state index contributed by atoms with van der Waals surface area (Å²) in [6.07, 6.45) is 0.221. The first kappa shape index (κ1) is 17.8. The lowest BCUT2D eigenvalue weighted by Gasteiger charge is -2.39. The van der Waals surface area contributed by atoms with E-state index in [2.05, 4.69) is 6.58 Å². The van der Waals surface area contributed by atoms with Crippen LogP contribution in [0, 0.1) is 0 Å². The number of hydrogen-bond donors (Lipinski definition) is 1. The molecule has 3 amide bonds. The van der Waals surface area contributed by atoms with Gasteiger partial charge >= 0.3 is 12.2 Å². The molecule has 0 aromatic heterocycles. The zero-order valence-corrected chi connectivity index (χ0v) is 13.2. The van der Waals surface area contributed by atoms with Crippen molar-refractivity contribution in [3.63, 3.8) is 0 Å². The Hall–Kier alpha value is -2.25. The van der Waals surface area contributed by atoms with Gasteiger partial charge in [-0.15, -0.1) is 0 Å². The number of amides is 3. The molecule has 0 bridgehead atoms. The molecule has 1 heterocycles. The number of primary amides is 1. The van der Waals surface area contributed by atoms with E-state index in [1.54, 1.807) is 20.8 Å². The van der Waals surface area contributed by atoms with Crippen LogP contribution in [0.5, 0.6) is 0 Å². The molecule has 124 valence electrons. The summed E-state index contributed by atoms with van der Waals surface area (Å²) in [7, 11) is 0. The fourth-order valence-corrected chi connectivity index (χ4v) is 1.95. The van der Waals surface area contributed by atoms with Gasteiger partial charge in [-0.1, -0.05) is 12.7 Å². The van der Waals surface area contributed by atoms with E-state index in [0.29, 0.717) is 0 Å². The van der Waals surface area contributed by atoms with Gasteiger partial charge in [0.25, 0.3) is 0 Å². The van der Waals surface area contributed by atoms with Gasteiger partial charge in [0, 0.05) is 13.1 Å². The largest absolute Gasteiger partial charge is 0.445 e. The Bertz CT molecular complexity index is 458. The molecule has 22 heavy (non-hydrogen) atoms. The topological polar surface area (TPSA) is 102 Å². The molecule has 0 aliphatic carbocycles. The maximum absolute atomic E-state index is 12.0. The van der Waals surface area contributed by atoms with Gasteiger partial charge < -0.3 is 20.1 Å². The monoisotopic (exact) mass is 313 g/mol. The highest BCUT2D eigenvalue weighted by atomic mass is 16.6. The average Bonchev–Trinajstić information content (AvgIpc) is 2.42. The first-order valence-electron chi connectivity index (χ1n) is 6.97. The predicted molar refractivity (Wildman–Crippen MR) is 79.0 cm³/mol. The van der Waals surface area contributed by atoms with Crippen molar-refractivity contribution in [2.45, 2.75) is 32.4 Å². The molecule has 0 aromatic rings. The SMILES string of the molecule is C=CCOC(=O)N1CCN(C(=O)OC(C)(C)C)CC1C(N)=O. The van der Waals surface area contributed by atoms with E-state index in [9.17, 15) is 14.4 Å². The van der Waals surface area contributed by atoms with Crippen LogP contribution in [-0.4, -0.2) is 65.8 Å². The molecule has 1 aliphatic heterocycles. The van der Waals surface area contributed by atoms with Gasteiger partial charge in [-0.05, 0) is 20.8 Å². The molecule has 8 heteroatoms. The molecule has 0 spiro atoms. The van der Waals surface area contributed by atoms with E-state index in [1.165, 1.54) is 15.9 Å². The van der Waals surface area contributed by atoms with Crippen molar-refractivity contribution in [1.29, 1.82) is 0 Å². The molecule has 1 rings (SSSR count). The van der Waals surface area contributed by atoms with Crippen LogP contribution in [0.1, 0.15) is 20.8 Å². The number of ether oxygens (including phenoxy) is 2. The van der Waals surface area contributed by atoms with E-state index in [-0.39, 0.29) is 26.2 Å². The molecule has 0 radical (unpaired) electrons. The molecule has 2 N–H and O–H groups in total. The van der Waals surface area contributed by atoms with Crippen molar-refractivity contribution in [3.8, 4) is 0 Å². The van der Waals surface area contributed by atoms with Crippen LogP contribution in [-0.2, 0) is 14.3 Å². The van der Waals surface area contributed by atoms with Gasteiger partial charge in [0.1, 0.15) is 18.2 Å². The lowest BCUT2D eigenvalue weighted by molar-refractivity contribution is -0.124. The number of rotatable bonds is 3. The van der Waals surface area contributed by atoms with Crippen molar-refractivity contribution in [2.24, 2.45) is 5.73 Å². The minimum absolute atomic E-state index is 0.0204. The van der Waals surface area contributed by atoms with E-state index in [1.807, 2.05) is 0 Å². The van der Waals surface area contributed by atoms with Crippen LogP contribution in [0.2, 0.25) is 0 Å². The van der Waals surface area contributed by atoms with Crippen LogP contribution in [0.3, 0.4) is 0 Å². The molecular weight excluding hydrogens is 290 g/mol. The van der Waals surface area contributed by atoms with Crippen molar-refractivity contribution >= 4 is 18.1 Å². The average molecular weight is 313 g/mol. The van der Waals surface area contributed by atoms with Crippen LogP contribution in [0.4, 0.5) is 9.59 Å². The third-order valence-electron chi connectivity index (χ3n) is 2.92. The van der Waals surface area contributed by atoms with Gasteiger partial charge in [0.2, 0.25) is 5.91 Å².